The van der Waals surface area contributed by atoms with Crippen LogP contribution in [0.2, 0.25) is 0 Å². The van der Waals surface area contributed by atoms with Gasteiger partial charge in [0.15, 0.2) is 11.5 Å². The zero-order valence-electron chi connectivity index (χ0n) is 10.3. The molecule has 3 rings (SSSR count). The molecular formula is C11H14N5O3. The monoisotopic (exact) mass is 264 g/mol. The zero-order valence-corrected chi connectivity index (χ0v) is 10.3. The van der Waals surface area contributed by atoms with E-state index in [2.05, 4.69) is 15.0 Å². The van der Waals surface area contributed by atoms with Crippen molar-refractivity contribution in [2.75, 3.05) is 12.3 Å². The summed E-state index contributed by atoms with van der Waals surface area (Å²) in [7, 11) is 0. The zero-order chi connectivity index (χ0) is 13.6. The fraction of sp³-hybridized carbons (Fsp3) is 0.455. The Balaban J connectivity index is 2.02. The first-order valence-corrected chi connectivity index (χ1v) is 5.86. The Morgan fingerprint density at radius 3 is 2.95 bits per heavy atom. The van der Waals surface area contributed by atoms with Crippen molar-refractivity contribution in [3.05, 3.63) is 18.6 Å². The highest BCUT2D eigenvalue weighted by atomic mass is 16.5. The third-order valence-corrected chi connectivity index (χ3v) is 3.07. The van der Waals surface area contributed by atoms with Gasteiger partial charge in [0.05, 0.1) is 19.0 Å². The summed E-state index contributed by atoms with van der Waals surface area (Å²) in [6, 6.07) is 0. The van der Waals surface area contributed by atoms with Crippen LogP contribution in [-0.4, -0.2) is 48.5 Å². The maximum absolute atomic E-state index is 9.71. The molecule has 1 radical (unpaired) electrons. The number of aromatic nitrogens is 4. The number of anilines is 1. The second-order valence-corrected chi connectivity index (χ2v) is 4.41. The van der Waals surface area contributed by atoms with E-state index in [4.69, 9.17) is 15.6 Å². The van der Waals surface area contributed by atoms with Crippen LogP contribution in [-0.2, 0) is 4.74 Å². The van der Waals surface area contributed by atoms with Gasteiger partial charge in [-0.15, -0.1) is 0 Å². The molecule has 4 N–H and O–H groups in total. The molecule has 101 valence electrons. The fourth-order valence-electron chi connectivity index (χ4n) is 2.14. The molecule has 0 amide bonds. The summed E-state index contributed by atoms with van der Waals surface area (Å²) >= 11 is 0. The number of nitrogens with zero attached hydrogens (tertiary/aromatic N) is 4. The van der Waals surface area contributed by atoms with Gasteiger partial charge in [0, 0.05) is 6.42 Å². The first kappa shape index (κ1) is 12.3. The van der Waals surface area contributed by atoms with E-state index in [0.717, 1.165) is 0 Å². The highest BCUT2D eigenvalue weighted by molar-refractivity contribution is 5.81. The summed E-state index contributed by atoms with van der Waals surface area (Å²) < 4.78 is 7.17. The van der Waals surface area contributed by atoms with Gasteiger partial charge in [-0.1, -0.05) is 0 Å². The molecule has 1 fully saturated rings. The summed E-state index contributed by atoms with van der Waals surface area (Å²) in [4.78, 5) is 12.5. The highest BCUT2D eigenvalue weighted by Gasteiger charge is 2.35. The number of imidazole rings is 1. The van der Waals surface area contributed by atoms with Crippen molar-refractivity contribution < 1.29 is 14.9 Å². The van der Waals surface area contributed by atoms with Crippen LogP contribution in [0.15, 0.2) is 6.33 Å². The molecule has 3 heterocycles. The summed E-state index contributed by atoms with van der Waals surface area (Å²) in [5.41, 5.74) is 6.81. The lowest BCUT2D eigenvalue weighted by molar-refractivity contribution is -0.0423. The van der Waals surface area contributed by atoms with E-state index in [1.807, 2.05) is 0 Å². The summed E-state index contributed by atoms with van der Waals surface area (Å²) in [6.07, 6.45) is 1.11. The number of fused-ring (bicyclic) bond motifs is 1. The predicted octanol–water partition coefficient (Wildman–Crippen LogP) is -0.828. The molecule has 1 unspecified atom stereocenters. The summed E-state index contributed by atoms with van der Waals surface area (Å²) in [5.74, 6) is 0.836. The van der Waals surface area contributed by atoms with Crippen LogP contribution in [0.4, 0.5) is 5.82 Å². The number of rotatable bonds is 2. The van der Waals surface area contributed by atoms with E-state index in [1.165, 1.54) is 6.33 Å². The number of aliphatic hydroxyl groups is 2. The molecule has 0 spiro atoms. The van der Waals surface area contributed by atoms with Crippen molar-refractivity contribution in [2.24, 2.45) is 0 Å². The molecule has 1 aliphatic heterocycles. The van der Waals surface area contributed by atoms with Crippen LogP contribution in [0, 0.1) is 13.3 Å². The molecule has 0 aliphatic carbocycles. The first-order chi connectivity index (χ1) is 9.10. The van der Waals surface area contributed by atoms with Gasteiger partial charge in [0.2, 0.25) is 0 Å². The minimum atomic E-state index is -0.826. The van der Waals surface area contributed by atoms with Gasteiger partial charge in [-0.05, 0) is 6.92 Å². The molecule has 0 saturated carbocycles. The number of nitrogens with two attached hydrogens (primary N) is 1. The van der Waals surface area contributed by atoms with Gasteiger partial charge < -0.3 is 20.7 Å². The Bertz CT molecular complexity index is 614. The van der Waals surface area contributed by atoms with Crippen molar-refractivity contribution in [1.82, 2.24) is 19.5 Å². The van der Waals surface area contributed by atoms with Gasteiger partial charge in [-0.3, -0.25) is 4.57 Å². The van der Waals surface area contributed by atoms with Crippen LogP contribution >= 0.6 is 0 Å². The van der Waals surface area contributed by atoms with Gasteiger partial charge in [-0.25, -0.2) is 15.0 Å². The fourth-order valence-corrected chi connectivity index (χ4v) is 2.14. The van der Waals surface area contributed by atoms with Crippen molar-refractivity contribution in [3.63, 3.8) is 0 Å². The lowest BCUT2D eigenvalue weighted by Gasteiger charge is -2.13. The number of aryl methyl sites for hydroxylation is 1. The lowest BCUT2D eigenvalue weighted by Crippen LogP contribution is -2.24. The third-order valence-electron chi connectivity index (χ3n) is 3.07. The number of hydrogen-bond acceptors (Lipinski definition) is 7. The van der Waals surface area contributed by atoms with Crippen LogP contribution in [0.5, 0.6) is 0 Å². The molecule has 0 bridgehead atoms. The molecule has 8 heteroatoms. The van der Waals surface area contributed by atoms with E-state index < -0.39 is 18.4 Å². The smallest absolute Gasteiger partial charge is 0.167 e. The van der Waals surface area contributed by atoms with Gasteiger partial charge in [-0.2, -0.15) is 0 Å². The number of hydrogen-bond donors (Lipinski definition) is 3. The quantitative estimate of drug-likeness (QED) is 0.647. The molecular weight excluding hydrogens is 250 g/mol. The van der Waals surface area contributed by atoms with Gasteiger partial charge in [0.1, 0.15) is 23.7 Å². The largest absolute Gasteiger partial charge is 0.394 e. The van der Waals surface area contributed by atoms with E-state index in [-0.39, 0.29) is 6.61 Å². The van der Waals surface area contributed by atoms with Crippen LogP contribution in [0.25, 0.3) is 11.2 Å². The van der Waals surface area contributed by atoms with Crippen molar-refractivity contribution in [3.8, 4) is 0 Å². The van der Waals surface area contributed by atoms with Crippen molar-refractivity contribution in [2.45, 2.75) is 25.4 Å². The van der Waals surface area contributed by atoms with Crippen LogP contribution < -0.4 is 5.73 Å². The van der Waals surface area contributed by atoms with Crippen LogP contribution in [0.1, 0.15) is 12.1 Å². The standard InChI is InChI=1S/C11H14N5O3/c1-5-14-10(12)9-11(15-5)16(4-13-9)8-2-6(18)7(3-17)19-8/h2,4,6-8,17-18H,3H2,1H3,(H2,12,14,15)/t6?,7-,8-/m1/s1. The normalized spacial score (nSPS) is 27.2. The molecule has 0 aromatic carbocycles. The van der Waals surface area contributed by atoms with E-state index >= 15 is 0 Å². The Hall–Kier alpha value is -1.77. The Labute approximate surface area is 108 Å². The SMILES string of the molecule is Cc1nc(N)c2ncn([C@H]3[CH]C(O)[C@@H](CO)O3)c2n1. The summed E-state index contributed by atoms with van der Waals surface area (Å²) in [6.45, 7) is 1.48. The Morgan fingerprint density at radius 1 is 1.47 bits per heavy atom. The van der Waals surface area contributed by atoms with E-state index in [1.54, 1.807) is 17.9 Å². The minimum absolute atomic E-state index is 0.253. The maximum atomic E-state index is 9.71. The van der Waals surface area contributed by atoms with E-state index in [0.29, 0.717) is 22.8 Å². The molecule has 1 saturated heterocycles. The number of aliphatic hydroxyl groups excluding tert-OH is 2. The average Bonchev–Trinajstić information content (AvgIpc) is 2.92. The maximum Gasteiger partial charge on any atom is 0.167 e. The second kappa shape index (κ2) is 4.41. The molecule has 1 aliphatic rings. The summed E-state index contributed by atoms with van der Waals surface area (Å²) in [5, 5.41) is 18.8. The Morgan fingerprint density at radius 2 is 2.26 bits per heavy atom. The highest BCUT2D eigenvalue weighted by Crippen LogP contribution is 2.30. The van der Waals surface area contributed by atoms with E-state index in [9.17, 15) is 5.11 Å². The topological polar surface area (TPSA) is 119 Å². The third kappa shape index (κ3) is 1.93. The molecule has 8 nitrogen and oxygen atoms in total. The molecule has 2 aromatic heterocycles. The van der Waals surface area contributed by atoms with Gasteiger partial charge >= 0.3 is 0 Å². The number of nitrogen functional groups attached to an aromatic ring is 1. The lowest BCUT2D eigenvalue weighted by atomic mass is 10.2. The average molecular weight is 264 g/mol. The minimum Gasteiger partial charge on any atom is -0.394 e. The van der Waals surface area contributed by atoms with Gasteiger partial charge in [0.25, 0.3) is 0 Å². The second-order valence-electron chi connectivity index (χ2n) is 4.41. The Kier molecular flexibility index (Phi) is 2.85. The molecule has 3 atom stereocenters. The predicted molar refractivity (Wildman–Crippen MR) is 65.8 cm³/mol. The molecule has 2 aromatic rings. The molecule has 19 heavy (non-hydrogen) atoms. The van der Waals surface area contributed by atoms with Crippen molar-refractivity contribution in [1.29, 1.82) is 0 Å². The number of ether oxygens (including phenoxy) is 1. The van der Waals surface area contributed by atoms with Crippen molar-refractivity contribution >= 4 is 17.0 Å². The van der Waals surface area contributed by atoms with Crippen LogP contribution in [0.3, 0.4) is 0 Å². The first-order valence-electron chi connectivity index (χ1n) is 5.86.